The lowest BCUT2D eigenvalue weighted by Gasteiger charge is -2.26. The maximum absolute atomic E-state index is 11.5. The number of nitrogens with zero attached hydrogens (tertiary/aromatic N) is 1. The number of benzene rings is 1. The second kappa shape index (κ2) is 6.34. The topological polar surface area (TPSA) is 73.1 Å². The minimum Gasteiger partial charge on any atom is -0.244 e. The Bertz CT molecular complexity index is 1000. The van der Waals surface area contributed by atoms with Crippen LogP contribution in [0.3, 0.4) is 0 Å². The Kier molecular flexibility index (Phi) is 4.26. The number of nitrogens with two attached hydrogens (primary N) is 1. The zero-order valence-electron chi connectivity index (χ0n) is 14.2. The van der Waals surface area contributed by atoms with Crippen LogP contribution < -0.4 is 5.14 Å². The van der Waals surface area contributed by atoms with Crippen LogP contribution in [-0.4, -0.2) is 13.4 Å². The number of rotatable bonds is 3. The molecule has 0 aliphatic heterocycles. The minimum absolute atomic E-state index is 0.0120. The van der Waals surface area contributed by atoms with Gasteiger partial charge in [0.15, 0.2) is 0 Å². The van der Waals surface area contributed by atoms with Gasteiger partial charge in [-0.3, -0.25) is 0 Å². The second-order valence-corrected chi connectivity index (χ2v) is 8.91. The van der Waals surface area contributed by atoms with Gasteiger partial charge in [0.25, 0.3) is 0 Å². The van der Waals surface area contributed by atoms with E-state index < -0.39 is 10.0 Å². The van der Waals surface area contributed by atoms with E-state index in [1.165, 1.54) is 18.4 Å². The van der Waals surface area contributed by atoms with Crippen molar-refractivity contribution in [2.75, 3.05) is 0 Å². The van der Waals surface area contributed by atoms with E-state index >= 15 is 0 Å². The molecule has 0 amide bonds. The van der Waals surface area contributed by atoms with Gasteiger partial charge in [-0.15, -0.1) is 0 Å². The average Bonchev–Trinajstić information content (AvgIpc) is 3.23. The lowest BCUT2D eigenvalue weighted by Crippen LogP contribution is -2.14. The van der Waals surface area contributed by atoms with Crippen molar-refractivity contribution in [3.8, 4) is 0 Å². The molecular formula is C20H19ClN2O2S. The molecule has 2 aliphatic carbocycles. The largest absolute Gasteiger partial charge is 0.244 e. The van der Waals surface area contributed by atoms with Crippen LogP contribution in [0.1, 0.15) is 36.8 Å². The molecule has 1 fully saturated rings. The van der Waals surface area contributed by atoms with Crippen LogP contribution in [0.25, 0.3) is 11.1 Å². The highest BCUT2D eigenvalue weighted by atomic mass is 35.5. The Morgan fingerprint density at radius 2 is 1.65 bits per heavy atom. The van der Waals surface area contributed by atoms with Crippen molar-refractivity contribution in [3.63, 3.8) is 0 Å². The SMILES string of the molecule is NS(=O)(=O)c1ccc(C2=CC(c3ccc(Cl)nc3)=CC23CCCC3)cc1. The zero-order chi connectivity index (χ0) is 18.4. The Labute approximate surface area is 158 Å². The van der Waals surface area contributed by atoms with Crippen LogP contribution in [0, 0.1) is 5.41 Å². The Morgan fingerprint density at radius 3 is 2.23 bits per heavy atom. The third kappa shape index (κ3) is 3.11. The molecule has 1 saturated carbocycles. The molecule has 134 valence electrons. The molecule has 2 aromatic rings. The number of halogens is 1. The maximum atomic E-state index is 11.5. The van der Waals surface area contributed by atoms with E-state index in [4.69, 9.17) is 16.7 Å². The van der Waals surface area contributed by atoms with Gasteiger partial charge < -0.3 is 0 Å². The fourth-order valence-corrected chi connectivity index (χ4v) is 4.67. The molecule has 1 aromatic carbocycles. The zero-order valence-corrected chi connectivity index (χ0v) is 15.7. The van der Waals surface area contributed by atoms with Crippen LogP contribution in [-0.2, 0) is 10.0 Å². The van der Waals surface area contributed by atoms with Gasteiger partial charge in [-0.1, -0.05) is 42.7 Å². The van der Waals surface area contributed by atoms with Gasteiger partial charge in [-0.2, -0.15) is 0 Å². The first-order valence-corrected chi connectivity index (χ1v) is 10.5. The highest BCUT2D eigenvalue weighted by Crippen LogP contribution is 2.55. The number of pyridine rings is 1. The van der Waals surface area contributed by atoms with Crippen molar-refractivity contribution in [3.05, 3.63) is 71.0 Å². The summed E-state index contributed by atoms with van der Waals surface area (Å²) in [6.45, 7) is 0. The first-order chi connectivity index (χ1) is 12.4. The number of allylic oxidation sites excluding steroid dienone is 4. The van der Waals surface area contributed by atoms with Gasteiger partial charge in [0.05, 0.1) is 4.90 Å². The Hall–Kier alpha value is -1.95. The Morgan fingerprint density at radius 1 is 1.00 bits per heavy atom. The van der Waals surface area contributed by atoms with Gasteiger partial charge in [0.1, 0.15) is 5.15 Å². The summed E-state index contributed by atoms with van der Waals surface area (Å²) < 4.78 is 23.0. The van der Waals surface area contributed by atoms with E-state index in [0.717, 1.165) is 29.5 Å². The number of hydrogen-bond acceptors (Lipinski definition) is 3. The summed E-state index contributed by atoms with van der Waals surface area (Å²) in [5.41, 5.74) is 4.46. The number of sulfonamides is 1. The summed E-state index contributed by atoms with van der Waals surface area (Å²) in [6, 6.07) is 10.6. The monoisotopic (exact) mass is 386 g/mol. The van der Waals surface area contributed by atoms with Gasteiger partial charge >= 0.3 is 0 Å². The fourth-order valence-electron chi connectivity index (χ4n) is 4.04. The minimum atomic E-state index is -3.68. The van der Waals surface area contributed by atoms with Crippen LogP contribution >= 0.6 is 11.6 Å². The van der Waals surface area contributed by atoms with Gasteiger partial charge in [-0.05, 0) is 65.5 Å². The molecule has 0 bridgehead atoms. The van der Waals surface area contributed by atoms with Crippen molar-refractivity contribution in [1.29, 1.82) is 0 Å². The van der Waals surface area contributed by atoms with Crippen LogP contribution in [0.4, 0.5) is 0 Å². The Balaban J connectivity index is 1.76. The standard InChI is InChI=1S/C20H19ClN2O2S/c21-19-8-5-15(13-23-19)16-11-18(20(12-16)9-1-2-10-20)14-3-6-17(7-4-14)26(22,24)25/h3-8,11-13H,1-2,9-10H2,(H2,22,24,25). The first-order valence-electron chi connectivity index (χ1n) is 8.58. The predicted molar refractivity (Wildman–Crippen MR) is 104 cm³/mol. The number of aromatic nitrogens is 1. The molecule has 6 heteroatoms. The van der Waals surface area contributed by atoms with Crippen molar-refractivity contribution in [2.45, 2.75) is 30.6 Å². The van der Waals surface area contributed by atoms with Crippen molar-refractivity contribution in [2.24, 2.45) is 10.6 Å². The second-order valence-electron chi connectivity index (χ2n) is 6.96. The third-order valence-electron chi connectivity index (χ3n) is 5.32. The van der Waals surface area contributed by atoms with E-state index in [1.54, 1.807) is 24.4 Å². The van der Waals surface area contributed by atoms with E-state index in [9.17, 15) is 8.42 Å². The lowest BCUT2D eigenvalue weighted by molar-refractivity contribution is 0.543. The number of hydrogen-bond donors (Lipinski definition) is 1. The fraction of sp³-hybridized carbons (Fsp3) is 0.250. The normalized spacial score (nSPS) is 18.8. The molecule has 4 nitrogen and oxygen atoms in total. The molecule has 1 heterocycles. The highest BCUT2D eigenvalue weighted by molar-refractivity contribution is 7.89. The van der Waals surface area contributed by atoms with Gasteiger partial charge in [-0.25, -0.2) is 18.5 Å². The highest BCUT2D eigenvalue weighted by Gasteiger charge is 2.39. The van der Waals surface area contributed by atoms with E-state index in [-0.39, 0.29) is 10.3 Å². The van der Waals surface area contributed by atoms with E-state index in [0.29, 0.717) is 5.15 Å². The molecule has 0 saturated heterocycles. The molecular weight excluding hydrogens is 368 g/mol. The summed E-state index contributed by atoms with van der Waals surface area (Å²) >= 11 is 5.91. The first kappa shape index (κ1) is 17.5. The average molecular weight is 387 g/mol. The molecule has 1 spiro atoms. The smallest absolute Gasteiger partial charge is 0.238 e. The van der Waals surface area contributed by atoms with E-state index in [1.807, 2.05) is 18.2 Å². The van der Waals surface area contributed by atoms with Crippen molar-refractivity contribution < 1.29 is 8.42 Å². The van der Waals surface area contributed by atoms with Crippen LogP contribution in [0.5, 0.6) is 0 Å². The summed E-state index contributed by atoms with van der Waals surface area (Å²) in [5.74, 6) is 0. The molecule has 1 aromatic heterocycles. The summed E-state index contributed by atoms with van der Waals surface area (Å²) in [7, 11) is -3.68. The molecule has 2 N–H and O–H groups in total. The van der Waals surface area contributed by atoms with Crippen LogP contribution in [0.15, 0.2) is 59.6 Å². The molecule has 4 rings (SSSR count). The van der Waals surface area contributed by atoms with Crippen molar-refractivity contribution in [1.82, 2.24) is 4.98 Å². The molecule has 26 heavy (non-hydrogen) atoms. The summed E-state index contributed by atoms with van der Waals surface area (Å²) in [6.07, 6.45) is 10.9. The molecule has 0 atom stereocenters. The maximum Gasteiger partial charge on any atom is 0.238 e. The lowest BCUT2D eigenvalue weighted by atomic mass is 9.78. The molecule has 2 aliphatic rings. The third-order valence-corrected chi connectivity index (χ3v) is 6.47. The van der Waals surface area contributed by atoms with Gasteiger partial charge in [0, 0.05) is 11.6 Å². The number of primary sulfonamides is 1. The van der Waals surface area contributed by atoms with Crippen molar-refractivity contribution >= 4 is 32.8 Å². The molecule has 0 radical (unpaired) electrons. The summed E-state index contributed by atoms with van der Waals surface area (Å²) in [4.78, 5) is 4.32. The van der Waals surface area contributed by atoms with Crippen LogP contribution in [0.2, 0.25) is 5.15 Å². The quantitative estimate of drug-likeness (QED) is 0.793. The predicted octanol–water partition coefficient (Wildman–Crippen LogP) is 4.42. The summed E-state index contributed by atoms with van der Waals surface area (Å²) in [5, 5.41) is 5.69. The van der Waals surface area contributed by atoms with E-state index in [2.05, 4.69) is 17.1 Å². The molecule has 0 unspecified atom stereocenters. The van der Waals surface area contributed by atoms with Gasteiger partial charge in [0.2, 0.25) is 10.0 Å².